The molecule has 1 aromatic rings. The molecule has 0 bridgehead atoms. The van der Waals surface area contributed by atoms with Crippen LogP contribution < -0.4 is 5.32 Å². The summed E-state index contributed by atoms with van der Waals surface area (Å²) in [5, 5.41) is 2.90. The van der Waals surface area contributed by atoms with Gasteiger partial charge in [-0.1, -0.05) is 6.92 Å². The number of nitrogens with zero attached hydrogens (tertiary/aromatic N) is 1. The van der Waals surface area contributed by atoms with E-state index in [1.54, 1.807) is 0 Å². The van der Waals surface area contributed by atoms with Gasteiger partial charge in [-0.25, -0.2) is 0 Å². The lowest BCUT2D eigenvalue weighted by Gasteiger charge is -2.07. The summed E-state index contributed by atoms with van der Waals surface area (Å²) in [6.45, 7) is 2.79. The van der Waals surface area contributed by atoms with Crippen LogP contribution in [0.1, 0.15) is 42.7 Å². The van der Waals surface area contributed by atoms with Gasteiger partial charge in [0.15, 0.2) is 0 Å². The molecule has 0 aromatic carbocycles. The monoisotopic (exact) mass is 270 g/mol. The Morgan fingerprint density at radius 3 is 3.00 bits per heavy atom. The van der Waals surface area contributed by atoms with Crippen molar-refractivity contribution in [1.82, 2.24) is 9.88 Å². The predicted octanol–water partition coefficient (Wildman–Crippen LogP) is 2.73. The van der Waals surface area contributed by atoms with Gasteiger partial charge >= 0.3 is 0 Å². The van der Waals surface area contributed by atoms with Crippen molar-refractivity contribution in [3.63, 3.8) is 0 Å². The maximum absolute atomic E-state index is 11.8. The maximum Gasteiger partial charge on any atom is 0.267 e. The zero-order valence-corrected chi connectivity index (χ0v) is 10.4. The van der Waals surface area contributed by atoms with Crippen molar-refractivity contribution in [2.45, 2.75) is 32.2 Å². The van der Waals surface area contributed by atoms with Crippen molar-refractivity contribution in [2.75, 3.05) is 6.54 Å². The van der Waals surface area contributed by atoms with Gasteiger partial charge in [-0.15, -0.1) is 0 Å². The van der Waals surface area contributed by atoms with E-state index in [0.717, 1.165) is 23.1 Å². The first kappa shape index (κ1) is 10.7. The normalized spacial score (nSPS) is 15.3. The molecule has 0 aliphatic heterocycles. The van der Waals surface area contributed by atoms with Gasteiger partial charge in [0.2, 0.25) is 0 Å². The van der Waals surface area contributed by atoms with E-state index in [0.29, 0.717) is 6.04 Å². The van der Waals surface area contributed by atoms with E-state index < -0.39 is 0 Å². The minimum absolute atomic E-state index is 0.0365. The Bertz CT molecular complexity index is 369. The molecule has 1 N–H and O–H groups in total. The van der Waals surface area contributed by atoms with Gasteiger partial charge in [-0.05, 0) is 41.3 Å². The molecule has 1 fully saturated rings. The second-order valence-corrected chi connectivity index (χ2v) is 4.85. The summed E-state index contributed by atoms with van der Waals surface area (Å²) < 4.78 is 3.06. The summed E-state index contributed by atoms with van der Waals surface area (Å²) >= 11 is 3.41. The van der Waals surface area contributed by atoms with Crippen molar-refractivity contribution in [1.29, 1.82) is 0 Å². The van der Waals surface area contributed by atoms with Crippen LogP contribution >= 0.6 is 15.9 Å². The summed E-state index contributed by atoms with van der Waals surface area (Å²) in [4.78, 5) is 11.8. The molecule has 1 heterocycles. The van der Waals surface area contributed by atoms with E-state index in [1.165, 1.54) is 12.8 Å². The number of nitrogens with one attached hydrogen (secondary N) is 1. The van der Waals surface area contributed by atoms with Crippen LogP contribution in [0.15, 0.2) is 16.7 Å². The molecule has 1 amide bonds. The molecule has 1 aliphatic rings. The highest BCUT2D eigenvalue weighted by Crippen LogP contribution is 2.37. The SMILES string of the molecule is CCCNC(=O)c1cc(Br)cn1C1CC1. The number of hydrogen-bond acceptors (Lipinski definition) is 1. The van der Waals surface area contributed by atoms with E-state index >= 15 is 0 Å². The fourth-order valence-corrected chi connectivity index (χ4v) is 2.05. The Hall–Kier alpha value is -0.770. The Morgan fingerprint density at radius 1 is 1.67 bits per heavy atom. The number of carbonyl (C=O) groups excluding carboxylic acids is 1. The molecule has 3 nitrogen and oxygen atoms in total. The highest BCUT2D eigenvalue weighted by molar-refractivity contribution is 9.10. The zero-order chi connectivity index (χ0) is 10.8. The van der Waals surface area contributed by atoms with Crippen LogP contribution in [-0.2, 0) is 0 Å². The lowest BCUT2D eigenvalue weighted by Crippen LogP contribution is -2.26. The average Bonchev–Trinajstić information content (AvgIpc) is 2.98. The fourth-order valence-electron chi connectivity index (χ4n) is 1.61. The van der Waals surface area contributed by atoms with Crippen LogP contribution in [0.2, 0.25) is 0 Å². The highest BCUT2D eigenvalue weighted by Gasteiger charge is 2.27. The molecule has 1 aliphatic carbocycles. The molecule has 0 unspecified atom stereocenters. The number of hydrogen-bond donors (Lipinski definition) is 1. The highest BCUT2D eigenvalue weighted by atomic mass is 79.9. The average molecular weight is 271 g/mol. The van der Waals surface area contributed by atoms with Crippen LogP contribution in [0.25, 0.3) is 0 Å². The molecule has 0 radical (unpaired) electrons. The van der Waals surface area contributed by atoms with Gasteiger partial charge in [0.25, 0.3) is 5.91 Å². The van der Waals surface area contributed by atoms with Crippen molar-refractivity contribution in [3.8, 4) is 0 Å². The summed E-state index contributed by atoms with van der Waals surface area (Å²) in [6.07, 6.45) is 5.35. The first-order chi connectivity index (χ1) is 7.22. The van der Waals surface area contributed by atoms with E-state index in [9.17, 15) is 4.79 Å². The zero-order valence-electron chi connectivity index (χ0n) is 8.79. The van der Waals surface area contributed by atoms with Crippen molar-refractivity contribution >= 4 is 21.8 Å². The summed E-state index contributed by atoms with van der Waals surface area (Å²) in [5.74, 6) is 0.0365. The fraction of sp³-hybridized carbons (Fsp3) is 0.545. The molecule has 4 heteroatoms. The van der Waals surface area contributed by atoms with Gasteiger partial charge < -0.3 is 9.88 Å². The quantitative estimate of drug-likeness (QED) is 0.897. The molecule has 1 saturated carbocycles. The minimum Gasteiger partial charge on any atom is -0.351 e. The molecule has 15 heavy (non-hydrogen) atoms. The Kier molecular flexibility index (Phi) is 3.14. The van der Waals surface area contributed by atoms with E-state index in [4.69, 9.17) is 0 Å². The number of amides is 1. The van der Waals surface area contributed by atoms with Crippen LogP contribution in [-0.4, -0.2) is 17.0 Å². The first-order valence-corrected chi connectivity index (χ1v) is 6.17. The number of rotatable bonds is 4. The van der Waals surface area contributed by atoms with Gasteiger partial charge in [-0.2, -0.15) is 0 Å². The summed E-state index contributed by atoms with van der Waals surface area (Å²) in [5.41, 5.74) is 0.776. The Balaban J connectivity index is 2.14. The third-order valence-electron chi connectivity index (χ3n) is 2.52. The number of carbonyl (C=O) groups is 1. The summed E-state index contributed by atoms with van der Waals surface area (Å²) in [7, 11) is 0. The maximum atomic E-state index is 11.8. The largest absolute Gasteiger partial charge is 0.351 e. The topological polar surface area (TPSA) is 34.0 Å². The minimum atomic E-state index is 0.0365. The lowest BCUT2D eigenvalue weighted by atomic mass is 10.3. The first-order valence-electron chi connectivity index (χ1n) is 5.38. The molecular formula is C11H15BrN2O. The Morgan fingerprint density at radius 2 is 2.40 bits per heavy atom. The molecule has 1 aromatic heterocycles. The van der Waals surface area contributed by atoms with E-state index in [-0.39, 0.29) is 5.91 Å². The second-order valence-electron chi connectivity index (χ2n) is 3.94. The van der Waals surface area contributed by atoms with Crippen molar-refractivity contribution in [2.24, 2.45) is 0 Å². The molecule has 0 spiro atoms. The smallest absolute Gasteiger partial charge is 0.267 e. The van der Waals surface area contributed by atoms with Crippen LogP contribution in [0.5, 0.6) is 0 Å². The van der Waals surface area contributed by atoms with Gasteiger partial charge in [0, 0.05) is 23.3 Å². The number of aromatic nitrogens is 1. The van der Waals surface area contributed by atoms with Crippen molar-refractivity contribution in [3.05, 3.63) is 22.4 Å². The third kappa shape index (κ3) is 2.43. The lowest BCUT2D eigenvalue weighted by molar-refractivity contribution is 0.0944. The van der Waals surface area contributed by atoms with Crippen molar-refractivity contribution < 1.29 is 4.79 Å². The number of halogens is 1. The molecular weight excluding hydrogens is 256 g/mol. The summed E-state index contributed by atoms with van der Waals surface area (Å²) in [6, 6.07) is 2.43. The second kappa shape index (κ2) is 4.39. The van der Waals surface area contributed by atoms with E-state index in [2.05, 4.69) is 32.7 Å². The van der Waals surface area contributed by atoms with Crippen LogP contribution in [0.4, 0.5) is 0 Å². The van der Waals surface area contributed by atoms with Crippen LogP contribution in [0, 0.1) is 0 Å². The Labute approximate surface area is 98.0 Å². The molecule has 0 saturated heterocycles. The van der Waals surface area contributed by atoms with Gasteiger partial charge in [-0.3, -0.25) is 4.79 Å². The molecule has 82 valence electrons. The predicted molar refractivity (Wildman–Crippen MR) is 63.0 cm³/mol. The van der Waals surface area contributed by atoms with Crippen LogP contribution in [0.3, 0.4) is 0 Å². The molecule has 2 rings (SSSR count). The van der Waals surface area contributed by atoms with Gasteiger partial charge in [0.1, 0.15) is 5.69 Å². The van der Waals surface area contributed by atoms with Gasteiger partial charge in [0.05, 0.1) is 0 Å². The third-order valence-corrected chi connectivity index (χ3v) is 2.96. The standard InChI is InChI=1S/C11H15BrN2O/c1-2-5-13-11(15)10-6-8(12)7-14(10)9-3-4-9/h6-7,9H,2-5H2,1H3,(H,13,15). The van der Waals surface area contributed by atoms with E-state index in [1.807, 2.05) is 12.3 Å². The molecule has 0 atom stereocenters.